The highest BCUT2D eigenvalue weighted by Crippen LogP contribution is 2.09. The Hall–Kier alpha value is -1.65. The summed E-state index contributed by atoms with van der Waals surface area (Å²) < 4.78 is 0. The van der Waals surface area contributed by atoms with Gasteiger partial charge in [0, 0.05) is 18.8 Å². The summed E-state index contributed by atoms with van der Waals surface area (Å²) in [6.07, 6.45) is 1.03. The van der Waals surface area contributed by atoms with Gasteiger partial charge in [-0.1, -0.05) is 20.3 Å². The SMILES string of the molecule is CCC(C)C(C)NC(=O)c1cc(C)nc(NC)n1. The first-order valence-electron chi connectivity index (χ1n) is 6.32. The number of nitrogens with one attached hydrogen (secondary N) is 2. The average molecular weight is 250 g/mol. The van der Waals surface area contributed by atoms with E-state index in [0.717, 1.165) is 12.1 Å². The van der Waals surface area contributed by atoms with Crippen LogP contribution in [0.5, 0.6) is 0 Å². The van der Waals surface area contributed by atoms with Gasteiger partial charge in [-0.2, -0.15) is 0 Å². The minimum atomic E-state index is -0.148. The molecule has 1 heterocycles. The minimum Gasteiger partial charge on any atom is -0.357 e. The molecule has 1 rings (SSSR count). The first-order chi connectivity index (χ1) is 8.47. The standard InChI is InChI=1S/C13H22N4O/c1-6-8(2)10(4)16-12(18)11-7-9(3)15-13(14-5)17-11/h7-8,10H,6H2,1-5H3,(H,16,18)(H,14,15,17). The molecular formula is C13H22N4O. The fourth-order valence-electron chi connectivity index (χ4n) is 1.57. The molecule has 0 fully saturated rings. The lowest BCUT2D eigenvalue weighted by molar-refractivity contribution is 0.0923. The maximum Gasteiger partial charge on any atom is 0.270 e. The fraction of sp³-hybridized carbons (Fsp3) is 0.615. The van der Waals surface area contributed by atoms with E-state index in [9.17, 15) is 4.79 Å². The lowest BCUT2D eigenvalue weighted by Gasteiger charge is -2.19. The summed E-state index contributed by atoms with van der Waals surface area (Å²) in [6.45, 7) is 8.09. The number of carbonyl (C=O) groups excluding carboxylic acids is 1. The molecule has 0 aliphatic heterocycles. The summed E-state index contributed by atoms with van der Waals surface area (Å²) in [5.74, 6) is 0.766. The minimum absolute atomic E-state index is 0.135. The molecule has 5 nitrogen and oxygen atoms in total. The zero-order valence-corrected chi connectivity index (χ0v) is 11.7. The Kier molecular flexibility index (Phi) is 5.07. The molecule has 0 aliphatic rings. The van der Waals surface area contributed by atoms with Gasteiger partial charge in [0.1, 0.15) is 5.69 Å². The largest absolute Gasteiger partial charge is 0.357 e. The highest BCUT2D eigenvalue weighted by atomic mass is 16.1. The Morgan fingerprint density at radius 2 is 2.06 bits per heavy atom. The predicted octanol–water partition coefficient (Wildman–Crippen LogP) is 1.99. The molecule has 2 unspecified atom stereocenters. The third kappa shape index (κ3) is 3.68. The van der Waals surface area contributed by atoms with Gasteiger partial charge < -0.3 is 10.6 Å². The van der Waals surface area contributed by atoms with Crippen molar-refractivity contribution in [2.75, 3.05) is 12.4 Å². The lowest BCUT2D eigenvalue weighted by Crippen LogP contribution is -2.37. The average Bonchev–Trinajstić information content (AvgIpc) is 2.36. The maximum atomic E-state index is 12.1. The van der Waals surface area contributed by atoms with Gasteiger partial charge in [0.05, 0.1) is 0 Å². The van der Waals surface area contributed by atoms with E-state index in [1.807, 2.05) is 13.8 Å². The van der Waals surface area contributed by atoms with Crippen LogP contribution in [0.3, 0.4) is 0 Å². The molecule has 0 aliphatic carbocycles. The van der Waals surface area contributed by atoms with Crippen LogP contribution in [-0.4, -0.2) is 29.0 Å². The number of anilines is 1. The molecule has 0 aromatic carbocycles. The Labute approximate surface area is 108 Å². The summed E-state index contributed by atoms with van der Waals surface area (Å²) in [5, 5.41) is 5.82. The Morgan fingerprint density at radius 1 is 1.39 bits per heavy atom. The van der Waals surface area contributed by atoms with Crippen molar-refractivity contribution in [1.82, 2.24) is 15.3 Å². The second-order valence-electron chi connectivity index (χ2n) is 4.62. The van der Waals surface area contributed by atoms with Crippen LogP contribution in [-0.2, 0) is 0 Å². The molecule has 2 atom stereocenters. The van der Waals surface area contributed by atoms with Gasteiger partial charge in [-0.15, -0.1) is 0 Å². The Bertz CT molecular complexity index is 419. The molecular weight excluding hydrogens is 228 g/mol. The second-order valence-corrected chi connectivity index (χ2v) is 4.62. The van der Waals surface area contributed by atoms with E-state index < -0.39 is 0 Å². The van der Waals surface area contributed by atoms with Crippen molar-refractivity contribution < 1.29 is 4.79 Å². The van der Waals surface area contributed by atoms with Gasteiger partial charge in [0.15, 0.2) is 0 Å². The topological polar surface area (TPSA) is 66.9 Å². The van der Waals surface area contributed by atoms with Crippen LogP contribution in [0.15, 0.2) is 6.07 Å². The number of rotatable bonds is 5. The van der Waals surface area contributed by atoms with E-state index in [0.29, 0.717) is 17.6 Å². The molecule has 0 bridgehead atoms. The van der Waals surface area contributed by atoms with E-state index in [-0.39, 0.29) is 11.9 Å². The smallest absolute Gasteiger partial charge is 0.270 e. The summed E-state index contributed by atoms with van der Waals surface area (Å²) in [6, 6.07) is 1.83. The van der Waals surface area contributed by atoms with Crippen LogP contribution in [0.2, 0.25) is 0 Å². The van der Waals surface area contributed by atoms with Gasteiger partial charge in [0.25, 0.3) is 5.91 Å². The van der Waals surface area contributed by atoms with Crippen LogP contribution in [0.25, 0.3) is 0 Å². The van der Waals surface area contributed by atoms with Gasteiger partial charge in [-0.05, 0) is 25.8 Å². The number of hydrogen-bond acceptors (Lipinski definition) is 4. The van der Waals surface area contributed by atoms with E-state index in [4.69, 9.17) is 0 Å². The van der Waals surface area contributed by atoms with Crippen LogP contribution in [0.1, 0.15) is 43.4 Å². The number of nitrogens with zero attached hydrogens (tertiary/aromatic N) is 2. The molecule has 1 aromatic rings. The van der Waals surface area contributed by atoms with Crippen LogP contribution in [0, 0.1) is 12.8 Å². The van der Waals surface area contributed by atoms with E-state index in [1.165, 1.54) is 0 Å². The number of aromatic nitrogens is 2. The monoisotopic (exact) mass is 250 g/mol. The molecule has 0 radical (unpaired) electrons. The van der Waals surface area contributed by atoms with Gasteiger partial charge >= 0.3 is 0 Å². The molecule has 0 spiro atoms. The zero-order chi connectivity index (χ0) is 13.7. The molecule has 1 amide bonds. The van der Waals surface area contributed by atoms with Crippen molar-refractivity contribution in [3.63, 3.8) is 0 Å². The molecule has 0 saturated carbocycles. The highest BCUT2D eigenvalue weighted by Gasteiger charge is 2.16. The van der Waals surface area contributed by atoms with Crippen molar-refractivity contribution >= 4 is 11.9 Å². The maximum absolute atomic E-state index is 12.1. The number of hydrogen-bond donors (Lipinski definition) is 2. The predicted molar refractivity (Wildman–Crippen MR) is 72.7 cm³/mol. The van der Waals surface area contributed by atoms with Gasteiger partial charge in [-0.3, -0.25) is 4.79 Å². The summed E-state index contributed by atoms with van der Waals surface area (Å²) >= 11 is 0. The molecule has 5 heteroatoms. The van der Waals surface area contributed by atoms with Crippen molar-refractivity contribution in [3.05, 3.63) is 17.5 Å². The number of amides is 1. The highest BCUT2D eigenvalue weighted by molar-refractivity contribution is 5.92. The first-order valence-corrected chi connectivity index (χ1v) is 6.32. The summed E-state index contributed by atoms with van der Waals surface area (Å²) in [5.41, 5.74) is 1.18. The quantitative estimate of drug-likeness (QED) is 0.838. The van der Waals surface area contributed by atoms with Crippen LogP contribution >= 0.6 is 0 Å². The normalized spacial score (nSPS) is 13.8. The summed E-state index contributed by atoms with van der Waals surface area (Å²) in [7, 11) is 1.73. The van der Waals surface area contributed by atoms with Gasteiger partial charge in [-0.25, -0.2) is 9.97 Å². The molecule has 2 N–H and O–H groups in total. The summed E-state index contributed by atoms with van der Waals surface area (Å²) in [4.78, 5) is 20.4. The van der Waals surface area contributed by atoms with Crippen molar-refractivity contribution in [2.45, 2.75) is 40.2 Å². The first kappa shape index (κ1) is 14.4. The van der Waals surface area contributed by atoms with Gasteiger partial charge in [0.2, 0.25) is 5.95 Å². The van der Waals surface area contributed by atoms with Crippen molar-refractivity contribution in [1.29, 1.82) is 0 Å². The Morgan fingerprint density at radius 3 is 2.61 bits per heavy atom. The lowest BCUT2D eigenvalue weighted by atomic mass is 10.0. The molecule has 100 valence electrons. The van der Waals surface area contributed by atoms with E-state index in [1.54, 1.807) is 13.1 Å². The van der Waals surface area contributed by atoms with Crippen molar-refractivity contribution in [3.8, 4) is 0 Å². The Balaban J connectivity index is 2.81. The fourth-order valence-corrected chi connectivity index (χ4v) is 1.57. The van der Waals surface area contributed by atoms with Crippen LogP contribution < -0.4 is 10.6 Å². The zero-order valence-electron chi connectivity index (χ0n) is 11.7. The molecule has 18 heavy (non-hydrogen) atoms. The van der Waals surface area contributed by atoms with Crippen LogP contribution in [0.4, 0.5) is 5.95 Å². The molecule has 1 aromatic heterocycles. The van der Waals surface area contributed by atoms with Crippen molar-refractivity contribution in [2.24, 2.45) is 5.92 Å². The van der Waals surface area contributed by atoms with E-state index in [2.05, 4.69) is 34.4 Å². The second kappa shape index (κ2) is 6.33. The number of carbonyl (C=O) groups is 1. The third-order valence-electron chi connectivity index (χ3n) is 3.17. The molecule has 0 saturated heterocycles. The number of aryl methyl sites for hydroxylation is 1. The van der Waals surface area contributed by atoms with E-state index >= 15 is 0 Å². The third-order valence-corrected chi connectivity index (χ3v) is 3.17.